The molecule has 3 aromatic carbocycles. The van der Waals surface area contributed by atoms with Crippen molar-refractivity contribution >= 4 is 5.82 Å². The minimum absolute atomic E-state index is 0.0892. The SMILES string of the molecule is COc1ccc(-c2cncc(-c3cc(NC(C)c4ccccc4)nc(-c4ccccc4)n3)c2)cc1. The number of methoxy groups -OCH3 is 1. The number of ether oxygens (including phenoxy) is 1. The first-order chi connectivity index (χ1) is 17.2. The van der Waals surface area contributed by atoms with Crippen LogP contribution in [-0.2, 0) is 0 Å². The first-order valence-electron chi connectivity index (χ1n) is 11.6. The molecule has 35 heavy (non-hydrogen) atoms. The highest BCUT2D eigenvalue weighted by Crippen LogP contribution is 2.29. The highest BCUT2D eigenvalue weighted by Gasteiger charge is 2.13. The lowest BCUT2D eigenvalue weighted by Crippen LogP contribution is -2.09. The Morgan fingerprint density at radius 3 is 2.09 bits per heavy atom. The summed E-state index contributed by atoms with van der Waals surface area (Å²) in [5.74, 6) is 2.25. The van der Waals surface area contributed by atoms with Crippen molar-refractivity contribution < 1.29 is 4.74 Å². The van der Waals surface area contributed by atoms with Gasteiger partial charge in [-0.2, -0.15) is 0 Å². The Labute approximate surface area is 205 Å². The highest BCUT2D eigenvalue weighted by atomic mass is 16.5. The van der Waals surface area contributed by atoms with Crippen molar-refractivity contribution in [2.24, 2.45) is 0 Å². The Bertz CT molecular complexity index is 1400. The predicted octanol–water partition coefficient (Wildman–Crippen LogP) is 7.05. The smallest absolute Gasteiger partial charge is 0.162 e. The van der Waals surface area contributed by atoms with Crippen LogP contribution in [0.1, 0.15) is 18.5 Å². The molecule has 0 aliphatic rings. The first kappa shape index (κ1) is 22.3. The molecule has 0 aliphatic carbocycles. The van der Waals surface area contributed by atoms with E-state index in [4.69, 9.17) is 14.7 Å². The van der Waals surface area contributed by atoms with Crippen LogP contribution in [0.15, 0.2) is 109 Å². The molecule has 5 heteroatoms. The van der Waals surface area contributed by atoms with Crippen molar-refractivity contribution in [2.75, 3.05) is 12.4 Å². The number of hydrogen-bond donors (Lipinski definition) is 1. The van der Waals surface area contributed by atoms with E-state index >= 15 is 0 Å². The fourth-order valence-corrected chi connectivity index (χ4v) is 3.95. The molecule has 0 saturated carbocycles. The molecule has 0 spiro atoms. The summed E-state index contributed by atoms with van der Waals surface area (Å²) in [4.78, 5) is 14.3. The fraction of sp³-hybridized carbons (Fsp3) is 0.100. The van der Waals surface area contributed by atoms with Gasteiger partial charge in [0.2, 0.25) is 0 Å². The van der Waals surface area contributed by atoms with Crippen molar-refractivity contribution in [3.63, 3.8) is 0 Å². The number of anilines is 1. The second-order valence-electron chi connectivity index (χ2n) is 8.30. The monoisotopic (exact) mass is 458 g/mol. The molecule has 0 amide bonds. The van der Waals surface area contributed by atoms with E-state index in [0.717, 1.165) is 39.5 Å². The molecular formula is C30H26N4O. The quantitative estimate of drug-likeness (QED) is 0.283. The van der Waals surface area contributed by atoms with Crippen LogP contribution in [0.25, 0.3) is 33.8 Å². The number of hydrogen-bond acceptors (Lipinski definition) is 5. The van der Waals surface area contributed by atoms with E-state index in [2.05, 4.69) is 35.4 Å². The van der Waals surface area contributed by atoms with Crippen LogP contribution in [0, 0.1) is 0 Å². The second kappa shape index (κ2) is 10.2. The average Bonchev–Trinajstić information content (AvgIpc) is 2.94. The molecule has 1 N–H and O–H groups in total. The maximum absolute atomic E-state index is 5.29. The van der Waals surface area contributed by atoms with Crippen LogP contribution < -0.4 is 10.1 Å². The number of aromatic nitrogens is 3. The van der Waals surface area contributed by atoms with Gasteiger partial charge >= 0.3 is 0 Å². The third-order valence-electron chi connectivity index (χ3n) is 5.88. The Morgan fingerprint density at radius 1 is 0.686 bits per heavy atom. The normalized spacial score (nSPS) is 11.6. The summed E-state index contributed by atoms with van der Waals surface area (Å²) in [6, 6.07) is 32.5. The summed E-state index contributed by atoms with van der Waals surface area (Å²) in [5.41, 5.74) is 5.96. The standard InChI is InChI=1S/C30H26N4O/c1-21(22-9-5-3-6-10-22)32-29-18-28(33-30(34-29)24-11-7-4-8-12-24)26-17-25(19-31-20-26)23-13-15-27(35-2)16-14-23/h3-21H,1-2H3,(H,32,33,34). The Hall–Kier alpha value is -4.51. The van der Waals surface area contributed by atoms with Crippen molar-refractivity contribution in [3.05, 3.63) is 115 Å². The van der Waals surface area contributed by atoms with Crippen molar-refractivity contribution in [1.29, 1.82) is 0 Å². The minimum atomic E-state index is 0.0892. The van der Waals surface area contributed by atoms with E-state index in [1.54, 1.807) is 7.11 Å². The molecule has 0 saturated heterocycles. The molecule has 1 unspecified atom stereocenters. The molecule has 0 aliphatic heterocycles. The molecular weight excluding hydrogens is 432 g/mol. The zero-order chi connectivity index (χ0) is 24.0. The van der Waals surface area contributed by atoms with Gasteiger partial charge < -0.3 is 10.1 Å². The van der Waals surface area contributed by atoms with Gasteiger partial charge in [-0.3, -0.25) is 4.98 Å². The maximum atomic E-state index is 5.29. The molecule has 5 nitrogen and oxygen atoms in total. The van der Waals surface area contributed by atoms with Gasteiger partial charge in [0, 0.05) is 41.2 Å². The Kier molecular flexibility index (Phi) is 6.48. The summed E-state index contributed by atoms with van der Waals surface area (Å²) in [6.07, 6.45) is 3.70. The van der Waals surface area contributed by atoms with Crippen LogP contribution in [-0.4, -0.2) is 22.1 Å². The molecule has 1 atom stereocenters. The Balaban J connectivity index is 1.54. The van der Waals surface area contributed by atoms with Gasteiger partial charge in [0.25, 0.3) is 0 Å². The summed E-state index contributed by atoms with van der Waals surface area (Å²) < 4.78 is 5.29. The van der Waals surface area contributed by atoms with Crippen molar-refractivity contribution in [1.82, 2.24) is 15.0 Å². The van der Waals surface area contributed by atoms with Gasteiger partial charge in [-0.05, 0) is 36.2 Å². The van der Waals surface area contributed by atoms with E-state index in [0.29, 0.717) is 5.82 Å². The number of nitrogens with zero attached hydrogens (tertiary/aromatic N) is 3. The predicted molar refractivity (Wildman–Crippen MR) is 141 cm³/mol. The second-order valence-corrected chi connectivity index (χ2v) is 8.30. The number of rotatable bonds is 7. The molecule has 5 aromatic rings. The Morgan fingerprint density at radius 2 is 1.37 bits per heavy atom. The topological polar surface area (TPSA) is 59.9 Å². The molecule has 5 rings (SSSR count). The molecule has 2 aromatic heterocycles. The van der Waals surface area contributed by atoms with Crippen LogP contribution in [0.4, 0.5) is 5.82 Å². The van der Waals surface area contributed by atoms with E-state index in [-0.39, 0.29) is 6.04 Å². The van der Waals surface area contributed by atoms with Crippen LogP contribution >= 0.6 is 0 Å². The first-order valence-corrected chi connectivity index (χ1v) is 11.6. The molecule has 172 valence electrons. The zero-order valence-electron chi connectivity index (χ0n) is 19.7. The number of pyridine rings is 1. The molecule has 2 heterocycles. The van der Waals surface area contributed by atoms with Gasteiger partial charge in [-0.25, -0.2) is 9.97 Å². The van der Waals surface area contributed by atoms with E-state index in [9.17, 15) is 0 Å². The lowest BCUT2D eigenvalue weighted by atomic mass is 10.0. The van der Waals surface area contributed by atoms with Gasteiger partial charge in [0.1, 0.15) is 11.6 Å². The van der Waals surface area contributed by atoms with Crippen LogP contribution in [0.5, 0.6) is 5.75 Å². The summed E-state index contributed by atoms with van der Waals surface area (Å²) in [7, 11) is 1.67. The van der Waals surface area contributed by atoms with Crippen LogP contribution in [0.2, 0.25) is 0 Å². The van der Waals surface area contributed by atoms with Crippen LogP contribution in [0.3, 0.4) is 0 Å². The van der Waals surface area contributed by atoms with Gasteiger partial charge in [0.05, 0.1) is 12.8 Å². The molecule has 0 radical (unpaired) electrons. The lowest BCUT2D eigenvalue weighted by molar-refractivity contribution is 0.415. The summed E-state index contributed by atoms with van der Waals surface area (Å²) in [5, 5.41) is 3.55. The molecule has 0 fully saturated rings. The van der Waals surface area contributed by atoms with E-state index in [1.165, 1.54) is 5.56 Å². The highest BCUT2D eigenvalue weighted by molar-refractivity contribution is 5.73. The largest absolute Gasteiger partial charge is 0.497 e. The van der Waals surface area contributed by atoms with Crippen molar-refractivity contribution in [3.8, 4) is 39.5 Å². The lowest BCUT2D eigenvalue weighted by Gasteiger charge is -2.16. The summed E-state index contributed by atoms with van der Waals surface area (Å²) in [6.45, 7) is 2.13. The average molecular weight is 459 g/mol. The minimum Gasteiger partial charge on any atom is -0.497 e. The van der Waals surface area contributed by atoms with E-state index in [1.807, 2.05) is 91.3 Å². The third kappa shape index (κ3) is 5.20. The summed E-state index contributed by atoms with van der Waals surface area (Å²) >= 11 is 0. The van der Waals surface area contributed by atoms with E-state index < -0.39 is 0 Å². The number of nitrogens with one attached hydrogen (secondary N) is 1. The van der Waals surface area contributed by atoms with Gasteiger partial charge in [0.15, 0.2) is 5.82 Å². The van der Waals surface area contributed by atoms with Gasteiger partial charge in [-0.15, -0.1) is 0 Å². The zero-order valence-corrected chi connectivity index (χ0v) is 19.7. The van der Waals surface area contributed by atoms with Crippen molar-refractivity contribution in [2.45, 2.75) is 13.0 Å². The maximum Gasteiger partial charge on any atom is 0.162 e. The fourth-order valence-electron chi connectivity index (χ4n) is 3.95. The molecule has 0 bridgehead atoms. The van der Waals surface area contributed by atoms with Gasteiger partial charge in [-0.1, -0.05) is 72.8 Å². The number of benzene rings is 3. The third-order valence-corrected chi connectivity index (χ3v) is 5.88.